The molecule has 1 aliphatic carbocycles. The lowest BCUT2D eigenvalue weighted by Gasteiger charge is -2.31. The average molecular weight is 476 g/mol. The summed E-state index contributed by atoms with van der Waals surface area (Å²) in [5.41, 5.74) is 5.34. The van der Waals surface area contributed by atoms with Crippen LogP contribution in [-0.4, -0.2) is 46.7 Å². The zero-order chi connectivity index (χ0) is 23.5. The van der Waals surface area contributed by atoms with Gasteiger partial charge in [-0.25, -0.2) is 0 Å². The molecule has 3 atom stereocenters. The van der Waals surface area contributed by atoms with E-state index in [1.165, 1.54) is 23.1 Å². The number of aliphatic hydroxyl groups excluding tert-OH is 1. The minimum atomic E-state index is -4.64. The van der Waals surface area contributed by atoms with Crippen molar-refractivity contribution in [1.82, 2.24) is 10.2 Å². The highest BCUT2D eigenvalue weighted by Crippen LogP contribution is 2.33. The number of aliphatic hydroxyl groups is 1. The maximum Gasteiger partial charge on any atom is 0.407 e. The van der Waals surface area contributed by atoms with Crippen LogP contribution in [0.5, 0.6) is 0 Å². The summed E-state index contributed by atoms with van der Waals surface area (Å²) in [6.07, 6.45) is -0.118. The summed E-state index contributed by atoms with van der Waals surface area (Å²) in [5.74, 6) is -1.02. The van der Waals surface area contributed by atoms with E-state index in [4.69, 9.17) is 17.3 Å². The fourth-order valence-corrected chi connectivity index (χ4v) is 4.83. The van der Waals surface area contributed by atoms with Crippen LogP contribution in [0.4, 0.5) is 13.2 Å². The van der Waals surface area contributed by atoms with Crippen LogP contribution in [0.25, 0.3) is 0 Å². The maximum atomic E-state index is 13.1. The SMILES string of the molecule is NC(c1ccc(Cl)cc1CNC(=O)[C@@H]1CCCN1C(=O)[C@H](O)C1CCCCC1)C(F)(F)F. The van der Waals surface area contributed by atoms with E-state index in [9.17, 15) is 27.9 Å². The number of halogens is 4. The zero-order valence-corrected chi connectivity index (χ0v) is 18.5. The molecule has 1 aliphatic heterocycles. The monoisotopic (exact) mass is 475 g/mol. The molecule has 1 heterocycles. The second-order valence-corrected chi connectivity index (χ2v) is 9.05. The van der Waals surface area contributed by atoms with Gasteiger partial charge >= 0.3 is 6.18 Å². The van der Waals surface area contributed by atoms with Crippen LogP contribution in [-0.2, 0) is 16.1 Å². The molecule has 1 aromatic carbocycles. The Bertz CT molecular complexity index is 830. The first-order valence-corrected chi connectivity index (χ1v) is 11.3. The van der Waals surface area contributed by atoms with Gasteiger partial charge < -0.3 is 21.1 Å². The molecular weight excluding hydrogens is 447 g/mol. The molecule has 1 saturated heterocycles. The molecule has 1 saturated carbocycles. The highest BCUT2D eigenvalue weighted by molar-refractivity contribution is 6.30. The Kier molecular flexibility index (Phi) is 8.06. The summed E-state index contributed by atoms with van der Waals surface area (Å²) in [6.45, 7) is 0.157. The number of nitrogens with one attached hydrogen (secondary N) is 1. The van der Waals surface area contributed by atoms with E-state index in [1.807, 2.05) is 0 Å². The van der Waals surface area contributed by atoms with Gasteiger partial charge in [-0.3, -0.25) is 9.59 Å². The van der Waals surface area contributed by atoms with Gasteiger partial charge in [-0.2, -0.15) is 13.2 Å². The first-order chi connectivity index (χ1) is 15.1. The smallest absolute Gasteiger partial charge is 0.383 e. The minimum Gasteiger partial charge on any atom is -0.383 e. The molecule has 1 unspecified atom stereocenters. The summed E-state index contributed by atoms with van der Waals surface area (Å²) < 4.78 is 39.3. The number of carbonyl (C=O) groups is 2. The number of rotatable bonds is 6. The Morgan fingerprint density at radius 3 is 2.53 bits per heavy atom. The second-order valence-electron chi connectivity index (χ2n) is 8.61. The van der Waals surface area contributed by atoms with Crippen LogP contribution < -0.4 is 11.1 Å². The molecule has 2 fully saturated rings. The molecule has 0 spiro atoms. The molecule has 6 nitrogen and oxygen atoms in total. The number of hydrogen-bond acceptors (Lipinski definition) is 4. The number of alkyl halides is 3. The van der Waals surface area contributed by atoms with Crippen molar-refractivity contribution in [3.8, 4) is 0 Å². The van der Waals surface area contributed by atoms with Crippen LogP contribution in [0.3, 0.4) is 0 Å². The molecule has 0 aromatic heterocycles. The molecule has 1 aromatic rings. The molecule has 2 amide bonds. The lowest BCUT2D eigenvalue weighted by molar-refractivity contribution is -0.149. The molecule has 10 heteroatoms. The number of benzene rings is 1. The Hall–Kier alpha value is -1.84. The highest BCUT2D eigenvalue weighted by Gasteiger charge is 2.40. The van der Waals surface area contributed by atoms with Crippen molar-refractivity contribution in [1.29, 1.82) is 0 Å². The van der Waals surface area contributed by atoms with Crippen molar-refractivity contribution in [3.05, 3.63) is 34.3 Å². The third-order valence-electron chi connectivity index (χ3n) is 6.43. The number of amides is 2. The zero-order valence-electron chi connectivity index (χ0n) is 17.7. The van der Waals surface area contributed by atoms with E-state index in [0.717, 1.165) is 32.1 Å². The first kappa shape index (κ1) is 24.8. The number of carbonyl (C=O) groups excluding carboxylic acids is 2. The predicted octanol–water partition coefficient (Wildman–Crippen LogP) is 3.45. The number of likely N-dealkylation sites (tertiary alicyclic amines) is 1. The minimum absolute atomic E-state index is 0.0987. The lowest BCUT2D eigenvalue weighted by atomic mass is 9.84. The van der Waals surface area contributed by atoms with Crippen LogP contribution in [0.15, 0.2) is 18.2 Å². The van der Waals surface area contributed by atoms with Crippen molar-refractivity contribution in [3.63, 3.8) is 0 Å². The number of nitrogens with zero attached hydrogens (tertiary/aromatic N) is 1. The topological polar surface area (TPSA) is 95.7 Å². The van der Waals surface area contributed by atoms with E-state index in [0.29, 0.717) is 19.4 Å². The van der Waals surface area contributed by atoms with E-state index >= 15 is 0 Å². The van der Waals surface area contributed by atoms with Gasteiger partial charge in [-0.05, 0) is 54.9 Å². The predicted molar refractivity (Wildman–Crippen MR) is 114 cm³/mol. The van der Waals surface area contributed by atoms with Gasteiger partial charge in [0.25, 0.3) is 5.91 Å². The molecule has 32 heavy (non-hydrogen) atoms. The molecule has 4 N–H and O–H groups in total. The van der Waals surface area contributed by atoms with E-state index in [1.54, 1.807) is 0 Å². The summed E-state index contributed by atoms with van der Waals surface area (Å²) in [7, 11) is 0. The Morgan fingerprint density at radius 1 is 1.19 bits per heavy atom. The van der Waals surface area contributed by atoms with Crippen LogP contribution in [0, 0.1) is 5.92 Å². The normalized spacial score (nSPS) is 21.9. The van der Waals surface area contributed by atoms with Gasteiger partial charge in [0.2, 0.25) is 5.91 Å². The fourth-order valence-electron chi connectivity index (χ4n) is 4.63. The van der Waals surface area contributed by atoms with Gasteiger partial charge in [0, 0.05) is 18.1 Å². The lowest BCUT2D eigenvalue weighted by Crippen LogP contribution is -2.50. The quantitative estimate of drug-likeness (QED) is 0.587. The Balaban J connectivity index is 1.67. The van der Waals surface area contributed by atoms with Crippen molar-refractivity contribution in [2.75, 3.05) is 6.54 Å². The third-order valence-corrected chi connectivity index (χ3v) is 6.67. The molecular formula is C22H29ClF3N3O3. The highest BCUT2D eigenvalue weighted by atomic mass is 35.5. The van der Waals surface area contributed by atoms with Gasteiger partial charge in [-0.15, -0.1) is 0 Å². The standard InChI is InChI=1S/C22H29ClF3N3O3/c23-15-8-9-16(19(27)22(24,25)26)14(11-15)12-28-20(31)17-7-4-10-29(17)21(32)18(30)13-5-2-1-3-6-13/h8-9,11,13,17-19,30H,1-7,10,12,27H2,(H,28,31)/t17-,18+,19?/m0/s1. The van der Waals surface area contributed by atoms with E-state index < -0.39 is 36.2 Å². The van der Waals surface area contributed by atoms with E-state index in [-0.39, 0.29) is 28.6 Å². The first-order valence-electron chi connectivity index (χ1n) is 11.0. The average Bonchev–Trinajstić information content (AvgIpc) is 3.26. The van der Waals surface area contributed by atoms with Crippen molar-refractivity contribution >= 4 is 23.4 Å². The van der Waals surface area contributed by atoms with Crippen molar-refractivity contribution < 1.29 is 27.9 Å². The Labute approximate surface area is 190 Å². The van der Waals surface area contributed by atoms with Crippen LogP contribution >= 0.6 is 11.6 Å². The summed E-state index contributed by atoms with van der Waals surface area (Å²) >= 11 is 5.94. The molecule has 0 bridgehead atoms. The summed E-state index contributed by atoms with van der Waals surface area (Å²) in [6, 6.07) is 0.889. The number of hydrogen-bond donors (Lipinski definition) is 3. The molecule has 2 aliphatic rings. The van der Waals surface area contributed by atoms with Gasteiger partial charge in [0.05, 0.1) is 0 Å². The Morgan fingerprint density at radius 2 is 1.88 bits per heavy atom. The summed E-state index contributed by atoms with van der Waals surface area (Å²) in [4.78, 5) is 27.1. The van der Waals surface area contributed by atoms with Gasteiger partial charge in [0.1, 0.15) is 18.2 Å². The van der Waals surface area contributed by atoms with Crippen molar-refractivity contribution in [2.24, 2.45) is 11.7 Å². The second kappa shape index (κ2) is 10.4. The van der Waals surface area contributed by atoms with Gasteiger partial charge in [0.15, 0.2) is 0 Å². The van der Waals surface area contributed by atoms with E-state index in [2.05, 4.69) is 5.32 Å². The molecule has 0 radical (unpaired) electrons. The third kappa shape index (κ3) is 5.74. The number of nitrogens with two attached hydrogens (primary N) is 1. The molecule has 3 rings (SSSR count). The van der Waals surface area contributed by atoms with Crippen LogP contribution in [0.2, 0.25) is 5.02 Å². The largest absolute Gasteiger partial charge is 0.407 e. The van der Waals surface area contributed by atoms with Crippen LogP contribution in [0.1, 0.15) is 62.1 Å². The molecule has 178 valence electrons. The van der Waals surface area contributed by atoms with Gasteiger partial charge in [-0.1, -0.05) is 36.9 Å². The fraction of sp³-hybridized carbons (Fsp3) is 0.636. The maximum absolute atomic E-state index is 13.1. The van der Waals surface area contributed by atoms with Crippen molar-refractivity contribution in [2.45, 2.75) is 75.9 Å². The summed E-state index contributed by atoms with van der Waals surface area (Å²) in [5, 5.41) is 13.4.